The van der Waals surface area contributed by atoms with Crippen LogP contribution in [0.1, 0.15) is 65.0 Å². The van der Waals surface area contributed by atoms with Gasteiger partial charge in [0, 0.05) is 25.8 Å². The summed E-state index contributed by atoms with van der Waals surface area (Å²) < 4.78 is 28.5. The van der Waals surface area contributed by atoms with Crippen molar-refractivity contribution in [2.24, 2.45) is 0 Å². The van der Waals surface area contributed by atoms with Crippen molar-refractivity contribution in [2.45, 2.75) is 59.5 Å². The van der Waals surface area contributed by atoms with E-state index in [1.54, 1.807) is 18.2 Å². The van der Waals surface area contributed by atoms with Crippen LogP contribution in [-0.2, 0) is 19.1 Å². The van der Waals surface area contributed by atoms with Gasteiger partial charge in [0.1, 0.15) is 29.1 Å². The van der Waals surface area contributed by atoms with E-state index in [0.717, 1.165) is 37.9 Å². The molecule has 0 spiro atoms. The molecule has 1 heterocycles. The fourth-order valence-electron chi connectivity index (χ4n) is 4.60. The zero-order chi connectivity index (χ0) is 27.8. The molecule has 0 saturated carbocycles. The second kappa shape index (κ2) is 13.3. The Labute approximate surface area is 223 Å². The second-order valence-corrected chi connectivity index (χ2v) is 9.53. The lowest BCUT2D eigenvalue weighted by atomic mass is 9.96. The second-order valence-electron chi connectivity index (χ2n) is 9.53. The Kier molecular flexibility index (Phi) is 10.1. The van der Waals surface area contributed by atoms with Crippen LogP contribution < -0.4 is 18.9 Å². The van der Waals surface area contributed by atoms with Gasteiger partial charge in [0.2, 0.25) is 0 Å². The first-order valence-corrected chi connectivity index (χ1v) is 12.8. The summed E-state index contributed by atoms with van der Waals surface area (Å²) in [5.41, 5.74) is 1.40. The van der Waals surface area contributed by atoms with E-state index in [4.69, 9.17) is 23.7 Å². The van der Waals surface area contributed by atoms with E-state index in [1.807, 2.05) is 19.9 Å². The molecule has 2 aromatic rings. The largest absolute Gasteiger partial charge is 0.496 e. The van der Waals surface area contributed by atoms with Crippen LogP contribution in [-0.4, -0.2) is 56.7 Å². The van der Waals surface area contributed by atoms with Crippen molar-refractivity contribution in [3.05, 3.63) is 35.4 Å². The zero-order valence-electron chi connectivity index (χ0n) is 23.0. The molecule has 0 aromatic heterocycles. The Bertz CT molecular complexity index is 1210. The summed E-state index contributed by atoms with van der Waals surface area (Å²) in [6.07, 6.45) is 4.67. The lowest BCUT2D eigenvalue weighted by Crippen LogP contribution is -2.35. The fraction of sp³-hybridized carbons (Fsp3) is 0.483. The summed E-state index contributed by atoms with van der Waals surface area (Å²) in [7, 11) is 2.97. The summed E-state index contributed by atoms with van der Waals surface area (Å²) in [6.45, 7) is 8.31. The molecule has 1 aliphatic rings. The third kappa shape index (κ3) is 7.25. The number of fused-ring (bicyclic) bond motifs is 1. The highest BCUT2D eigenvalue weighted by atomic mass is 16.6. The highest BCUT2D eigenvalue weighted by Gasteiger charge is 2.29. The van der Waals surface area contributed by atoms with Crippen molar-refractivity contribution in [3.8, 4) is 23.0 Å². The quantitative estimate of drug-likeness (QED) is 0.236. The van der Waals surface area contributed by atoms with Gasteiger partial charge in [-0.2, -0.15) is 0 Å². The van der Waals surface area contributed by atoms with E-state index in [2.05, 4.69) is 4.90 Å². The number of carbonyl (C=O) groups excluding carboxylic acids is 3. The third-order valence-corrected chi connectivity index (χ3v) is 6.25. The Morgan fingerprint density at radius 2 is 1.47 bits per heavy atom. The van der Waals surface area contributed by atoms with E-state index in [-0.39, 0.29) is 24.0 Å². The lowest BCUT2D eigenvalue weighted by Gasteiger charge is -2.27. The Morgan fingerprint density at radius 3 is 2.03 bits per heavy atom. The van der Waals surface area contributed by atoms with Gasteiger partial charge in [-0.3, -0.25) is 19.3 Å². The molecule has 9 nitrogen and oxygen atoms in total. The highest BCUT2D eigenvalue weighted by molar-refractivity contribution is 6.04. The first-order valence-electron chi connectivity index (χ1n) is 12.8. The van der Waals surface area contributed by atoms with Gasteiger partial charge in [-0.1, -0.05) is 18.1 Å². The standard InChI is InChI=1S/C29H37NO8/c1-18(2)10-11-22(38-26(33)17-30-14-8-7-9-15-30)21-16-25(36-19(3)31)27-23(34-5)12-13-24(35-6)28(27)29(21)37-20(4)32/h10,12-13,16,22H,7-9,11,14-15,17H2,1-6H3/t22-/m0/s1. The van der Waals surface area contributed by atoms with Crippen molar-refractivity contribution in [1.82, 2.24) is 4.90 Å². The smallest absolute Gasteiger partial charge is 0.320 e. The minimum atomic E-state index is -0.828. The van der Waals surface area contributed by atoms with Crippen LogP contribution in [0.2, 0.25) is 0 Å². The molecule has 2 aromatic carbocycles. The molecule has 206 valence electrons. The molecular weight excluding hydrogens is 490 g/mol. The van der Waals surface area contributed by atoms with E-state index in [0.29, 0.717) is 34.3 Å². The van der Waals surface area contributed by atoms with E-state index < -0.39 is 18.0 Å². The number of piperidine rings is 1. The van der Waals surface area contributed by atoms with Gasteiger partial charge in [-0.25, -0.2) is 0 Å². The van der Waals surface area contributed by atoms with Crippen LogP contribution in [0.25, 0.3) is 10.8 Å². The number of methoxy groups -OCH3 is 2. The minimum Gasteiger partial charge on any atom is -0.496 e. The maximum Gasteiger partial charge on any atom is 0.320 e. The average molecular weight is 528 g/mol. The summed E-state index contributed by atoms with van der Waals surface area (Å²) in [6, 6.07) is 4.91. The van der Waals surface area contributed by atoms with Crippen molar-refractivity contribution in [2.75, 3.05) is 33.9 Å². The predicted octanol–water partition coefficient (Wildman–Crippen LogP) is 5.13. The van der Waals surface area contributed by atoms with Gasteiger partial charge < -0.3 is 23.7 Å². The van der Waals surface area contributed by atoms with Crippen LogP contribution in [0.3, 0.4) is 0 Å². The lowest BCUT2D eigenvalue weighted by molar-refractivity contribution is -0.151. The van der Waals surface area contributed by atoms with E-state index >= 15 is 0 Å². The van der Waals surface area contributed by atoms with Gasteiger partial charge in [0.15, 0.2) is 0 Å². The first kappa shape index (κ1) is 29.0. The molecule has 1 saturated heterocycles. The third-order valence-electron chi connectivity index (χ3n) is 6.25. The summed E-state index contributed by atoms with van der Waals surface area (Å²) >= 11 is 0. The number of hydrogen-bond donors (Lipinski definition) is 0. The summed E-state index contributed by atoms with van der Waals surface area (Å²) in [4.78, 5) is 39.6. The summed E-state index contributed by atoms with van der Waals surface area (Å²) in [5.74, 6) is -0.434. The molecule has 0 radical (unpaired) electrons. The number of ether oxygens (including phenoxy) is 5. The number of benzene rings is 2. The Morgan fingerprint density at radius 1 is 0.868 bits per heavy atom. The number of carbonyl (C=O) groups is 3. The van der Waals surface area contributed by atoms with Crippen molar-refractivity contribution in [3.63, 3.8) is 0 Å². The van der Waals surface area contributed by atoms with Crippen molar-refractivity contribution >= 4 is 28.7 Å². The van der Waals surface area contributed by atoms with Crippen LogP contribution >= 0.6 is 0 Å². The molecule has 1 aliphatic heterocycles. The first-order chi connectivity index (χ1) is 18.1. The molecule has 0 bridgehead atoms. The fourth-order valence-corrected chi connectivity index (χ4v) is 4.60. The number of likely N-dealkylation sites (tertiary alicyclic amines) is 1. The van der Waals surface area contributed by atoms with E-state index in [9.17, 15) is 14.4 Å². The Hall–Kier alpha value is -3.59. The monoisotopic (exact) mass is 527 g/mol. The molecule has 0 amide bonds. The van der Waals surface area contributed by atoms with Gasteiger partial charge in [0.05, 0.1) is 31.5 Å². The number of rotatable bonds is 10. The molecule has 0 unspecified atom stereocenters. The molecule has 1 atom stereocenters. The minimum absolute atomic E-state index is 0.150. The summed E-state index contributed by atoms with van der Waals surface area (Å²) in [5, 5.41) is 0.757. The number of esters is 3. The topological polar surface area (TPSA) is 101 Å². The average Bonchev–Trinajstić information content (AvgIpc) is 2.87. The number of allylic oxidation sites excluding steroid dienone is 1. The zero-order valence-corrected chi connectivity index (χ0v) is 23.0. The molecule has 0 aliphatic carbocycles. The number of hydrogen-bond acceptors (Lipinski definition) is 9. The van der Waals surface area contributed by atoms with Crippen LogP contribution in [0.4, 0.5) is 0 Å². The van der Waals surface area contributed by atoms with Crippen LogP contribution in [0.15, 0.2) is 29.8 Å². The van der Waals surface area contributed by atoms with Gasteiger partial charge in [-0.05, 0) is 58.0 Å². The van der Waals surface area contributed by atoms with Gasteiger partial charge in [-0.15, -0.1) is 0 Å². The normalized spacial score (nSPS) is 14.4. The Balaban J connectivity index is 2.24. The highest BCUT2D eigenvalue weighted by Crippen LogP contribution is 2.49. The molecule has 1 fully saturated rings. The molecule has 38 heavy (non-hydrogen) atoms. The molecular formula is C29H37NO8. The van der Waals surface area contributed by atoms with Crippen molar-refractivity contribution < 1.29 is 38.1 Å². The maximum absolute atomic E-state index is 13.1. The number of nitrogens with zero attached hydrogens (tertiary/aromatic N) is 1. The maximum atomic E-state index is 13.1. The van der Waals surface area contributed by atoms with E-state index in [1.165, 1.54) is 28.1 Å². The SMILES string of the molecule is COc1ccc(OC)c2c(OC(C)=O)c([C@H](CC=C(C)C)OC(=O)CN3CCCCC3)cc(OC(C)=O)c12. The van der Waals surface area contributed by atoms with Crippen molar-refractivity contribution in [1.29, 1.82) is 0 Å². The van der Waals surface area contributed by atoms with Gasteiger partial charge >= 0.3 is 17.9 Å². The predicted molar refractivity (Wildman–Crippen MR) is 143 cm³/mol. The van der Waals surface area contributed by atoms with Crippen LogP contribution in [0, 0.1) is 0 Å². The molecule has 0 N–H and O–H groups in total. The van der Waals surface area contributed by atoms with Crippen LogP contribution in [0.5, 0.6) is 23.0 Å². The van der Waals surface area contributed by atoms with Gasteiger partial charge in [0.25, 0.3) is 0 Å². The molecule has 3 rings (SSSR count). The molecule has 9 heteroatoms.